The van der Waals surface area contributed by atoms with Crippen LogP contribution in [0.3, 0.4) is 0 Å². The van der Waals surface area contributed by atoms with E-state index in [4.69, 9.17) is 0 Å². The first-order chi connectivity index (χ1) is 8.66. The van der Waals surface area contributed by atoms with Crippen LogP contribution in [0, 0.1) is 12.8 Å². The minimum absolute atomic E-state index is 0.0211. The molecule has 3 rings (SSSR count). The van der Waals surface area contributed by atoms with E-state index >= 15 is 0 Å². The molecular formula is C14H19N3O. The highest BCUT2D eigenvalue weighted by atomic mass is 16.1. The van der Waals surface area contributed by atoms with E-state index in [1.54, 1.807) is 0 Å². The van der Waals surface area contributed by atoms with Crippen molar-refractivity contribution in [3.8, 4) is 0 Å². The van der Waals surface area contributed by atoms with Gasteiger partial charge in [-0.2, -0.15) is 0 Å². The number of H-pyrrole nitrogens is 1. The zero-order chi connectivity index (χ0) is 12.7. The highest BCUT2D eigenvalue weighted by molar-refractivity contribution is 5.79. The molecule has 3 heterocycles. The van der Waals surface area contributed by atoms with Crippen molar-refractivity contribution in [1.29, 1.82) is 0 Å². The molecule has 2 aromatic heterocycles. The van der Waals surface area contributed by atoms with E-state index < -0.39 is 0 Å². The van der Waals surface area contributed by atoms with Gasteiger partial charge in [0.15, 0.2) is 0 Å². The molecule has 0 bridgehead atoms. The number of nitrogens with one attached hydrogen (secondary N) is 2. The van der Waals surface area contributed by atoms with Gasteiger partial charge in [-0.1, -0.05) is 6.92 Å². The van der Waals surface area contributed by atoms with E-state index in [0.29, 0.717) is 12.0 Å². The number of fused-ring (bicyclic) bond motifs is 1. The van der Waals surface area contributed by atoms with Crippen LogP contribution in [-0.4, -0.2) is 22.6 Å². The molecule has 1 fully saturated rings. The van der Waals surface area contributed by atoms with E-state index in [2.05, 4.69) is 21.8 Å². The van der Waals surface area contributed by atoms with Crippen LogP contribution in [0.2, 0.25) is 0 Å². The van der Waals surface area contributed by atoms with E-state index in [1.807, 2.05) is 25.3 Å². The van der Waals surface area contributed by atoms with Gasteiger partial charge in [-0.15, -0.1) is 0 Å². The van der Waals surface area contributed by atoms with Gasteiger partial charge in [0.25, 0.3) is 5.56 Å². The topological polar surface area (TPSA) is 49.8 Å². The van der Waals surface area contributed by atoms with Crippen LogP contribution < -0.4 is 10.9 Å². The van der Waals surface area contributed by atoms with Gasteiger partial charge in [-0.25, -0.2) is 0 Å². The smallest absolute Gasteiger partial charge is 0.272 e. The van der Waals surface area contributed by atoms with Crippen molar-refractivity contribution >= 4 is 10.9 Å². The summed E-state index contributed by atoms with van der Waals surface area (Å²) >= 11 is 0. The number of aryl methyl sites for hydroxylation is 1. The first-order valence-electron chi connectivity index (χ1n) is 6.58. The number of hydrogen-bond acceptors (Lipinski definition) is 2. The summed E-state index contributed by atoms with van der Waals surface area (Å²) in [6.45, 7) is 6.20. The molecule has 0 aromatic carbocycles. The Kier molecular flexibility index (Phi) is 2.74. The normalized spacial score (nSPS) is 24.6. The average molecular weight is 245 g/mol. The van der Waals surface area contributed by atoms with Crippen LogP contribution in [0.1, 0.15) is 25.1 Å². The predicted molar refractivity (Wildman–Crippen MR) is 73.0 cm³/mol. The van der Waals surface area contributed by atoms with Gasteiger partial charge in [0.05, 0.1) is 0 Å². The van der Waals surface area contributed by atoms with Crippen molar-refractivity contribution in [3.63, 3.8) is 0 Å². The standard InChI is InChI=1S/C14H19N3O/c1-9-3-5-15-8-12(9)17-6-4-11-7-10(2)16-14(18)13(11)17/h4,6-7,9,12,15H,3,5,8H2,1-2H3,(H,16,18). The Labute approximate surface area is 106 Å². The molecule has 0 amide bonds. The number of aromatic nitrogens is 2. The first-order valence-corrected chi connectivity index (χ1v) is 6.58. The summed E-state index contributed by atoms with van der Waals surface area (Å²) in [5.74, 6) is 0.600. The summed E-state index contributed by atoms with van der Waals surface area (Å²) < 4.78 is 2.14. The Balaban J connectivity index is 2.15. The lowest BCUT2D eigenvalue weighted by Crippen LogP contribution is -2.37. The summed E-state index contributed by atoms with van der Waals surface area (Å²) in [5, 5.41) is 4.45. The zero-order valence-electron chi connectivity index (χ0n) is 10.9. The highest BCUT2D eigenvalue weighted by Crippen LogP contribution is 2.27. The molecular weight excluding hydrogens is 226 g/mol. The number of piperidine rings is 1. The maximum atomic E-state index is 12.1. The van der Waals surface area contributed by atoms with Gasteiger partial charge in [0.2, 0.25) is 0 Å². The fourth-order valence-corrected chi connectivity index (χ4v) is 2.96. The van der Waals surface area contributed by atoms with Gasteiger partial charge in [0.1, 0.15) is 5.52 Å². The van der Waals surface area contributed by atoms with E-state index in [0.717, 1.165) is 36.1 Å². The van der Waals surface area contributed by atoms with Gasteiger partial charge in [-0.05, 0) is 37.9 Å². The zero-order valence-corrected chi connectivity index (χ0v) is 10.9. The lowest BCUT2D eigenvalue weighted by Gasteiger charge is -2.31. The van der Waals surface area contributed by atoms with Crippen LogP contribution in [0.15, 0.2) is 23.1 Å². The third-order valence-electron chi connectivity index (χ3n) is 3.99. The van der Waals surface area contributed by atoms with Crippen LogP contribution in [0.5, 0.6) is 0 Å². The molecule has 0 aliphatic carbocycles. The molecule has 1 aliphatic heterocycles. The Morgan fingerprint density at radius 3 is 3.06 bits per heavy atom. The van der Waals surface area contributed by atoms with Crippen molar-refractivity contribution < 1.29 is 0 Å². The SMILES string of the molecule is Cc1cc2ccn(C3CNCCC3C)c2c(=O)[nH]1. The third-order valence-corrected chi connectivity index (χ3v) is 3.99. The minimum atomic E-state index is 0.0211. The van der Waals surface area contributed by atoms with E-state index in [9.17, 15) is 4.79 Å². The van der Waals surface area contributed by atoms with Gasteiger partial charge >= 0.3 is 0 Å². The third kappa shape index (κ3) is 1.77. The molecule has 2 N–H and O–H groups in total. The number of rotatable bonds is 1. The van der Waals surface area contributed by atoms with E-state index in [1.165, 1.54) is 0 Å². The second-order valence-corrected chi connectivity index (χ2v) is 5.35. The maximum absolute atomic E-state index is 12.1. The molecule has 4 nitrogen and oxygen atoms in total. The second kappa shape index (κ2) is 4.28. The molecule has 4 heteroatoms. The van der Waals surface area contributed by atoms with Gasteiger partial charge in [0, 0.05) is 29.9 Å². The molecule has 1 aliphatic rings. The molecule has 2 aromatic rings. The lowest BCUT2D eigenvalue weighted by molar-refractivity contribution is 0.279. The number of pyridine rings is 1. The number of aromatic amines is 1. The summed E-state index contributed by atoms with van der Waals surface area (Å²) in [7, 11) is 0. The Bertz CT molecular complexity index is 625. The maximum Gasteiger partial charge on any atom is 0.272 e. The Morgan fingerprint density at radius 1 is 1.44 bits per heavy atom. The number of nitrogens with zero attached hydrogens (tertiary/aromatic N) is 1. The quantitative estimate of drug-likeness (QED) is 0.805. The monoisotopic (exact) mass is 245 g/mol. The van der Waals surface area contributed by atoms with E-state index in [-0.39, 0.29) is 5.56 Å². The fourth-order valence-electron chi connectivity index (χ4n) is 2.96. The van der Waals surface area contributed by atoms with Crippen molar-refractivity contribution in [1.82, 2.24) is 14.9 Å². The largest absolute Gasteiger partial charge is 0.338 e. The van der Waals surface area contributed by atoms with Crippen LogP contribution >= 0.6 is 0 Å². The summed E-state index contributed by atoms with van der Waals surface area (Å²) in [6, 6.07) is 4.45. The lowest BCUT2D eigenvalue weighted by atomic mass is 9.94. The average Bonchev–Trinajstić information content (AvgIpc) is 2.73. The molecule has 18 heavy (non-hydrogen) atoms. The van der Waals surface area contributed by atoms with Crippen molar-refractivity contribution in [2.24, 2.45) is 5.92 Å². The van der Waals surface area contributed by atoms with Crippen LogP contribution in [-0.2, 0) is 0 Å². The predicted octanol–water partition coefficient (Wildman–Crippen LogP) is 1.81. The molecule has 0 radical (unpaired) electrons. The molecule has 2 atom stereocenters. The van der Waals surface area contributed by atoms with Crippen molar-refractivity contribution in [2.45, 2.75) is 26.3 Å². The minimum Gasteiger partial charge on any atom is -0.338 e. The fraction of sp³-hybridized carbons (Fsp3) is 0.500. The summed E-state index contributed by atoms with van der Waals surface area (Å²) in [6.07, 6.45) is 3.21. The molecule has 0 spiro atoms. The first kappa shape index (κ1) is 11.5. The van der Waals surface area contributed by atoms with Crippen molar-refractivity contribution in [2.75, 3.05) is 13.1 Å². The second-order valence-electron chi connectivity index (χ2n) is 5.35. The van der Waals surface area contributed by atoms with Gasteiger partial charge in [-0.3, -0.25) is 4.79 Å². The number of hydrogen-bond donors (Lipinski definition) is 2. The Morgan fingerprint density at radius 2 is 2.28 bits per heavy atom. The van der Waals surface area contributed by atoms with Crippen LogP contribution in [0.25, 0.3) is 10.9 Å². The molecule has 0 saturated carbocycles. The van der Waals surface area contributed by atoms with Crippen molar-refractivity contribution in [3.05, 3.63) is 34.4 Å². The molecule has 1 saturated heterocycles. The summed E-state index contributed by atoms with van der Waals surface area (Å²) in [4.78, 5) is 15.0. The highest BCUT2D eigenvalue weighted by Gasteiger charge is 2.24. The Hall–Kier alpha value is -1.55. The molecule has 2 unspecified atom stereocenters. The summed E-state index contributed by atoms with van der Waals surface area (Å²) in [5.41, 5.74) is 1.74. The van der Waals surface area contributed by atoms with Gasteiger partial charge < -0.3 is 14.9 Å². The molecule has 96 valence electrons. The van der Waals surface area contributed by atoms with Crippen LogP contribution in [0.4, 0.5) is 0 Å².